The Hall–Kier alpha value is -5.80. The van der Waals surface area contributed by atoms with Crippen molar-refractivity contribution in [3.8, 4) is 45.0 Å². The van der Waals surface area contributed by atoms with Gasteiger partial charge in [0.15, 0.2) is 5.82 Å². The van der Waals surface area contributed by atoms with Crippen molar-refractivity contribution in [3.05, 3.63) is 168 Å². The molecule has 0 spiro atoms. The average Bonchev–Trinajstić information content (AvgIpc) is 3.44. The molecule has 0 saturated carbocycles. The van der Waals surface area contributed by atoms with Gasteiger partial charge in [0, 0.05) is 38.9 Å². The van der Waals surface area contributed by atoms with E-state index in [9.17, 15) is 0 Å². The zero-order valence-electron chi connectivity index (χ0n) is 25.3. The van der Waals surface area contributed by atoms with Crippen molar-refractivity contribution < 1.29 is 0 Å². The van der Waals surface area contributed by atoms with Crippen molar-refractivity contribution in [2.24, 2.45) is 0 Å². The summed E-state index contributed by atoms with van der Waals surface area (Å²) in [6, 6.07) is 54.1. The van der Waals surface area contributed by atoms with Crippen molar-refractivity contribution in [1.82, 2.24) is 15.0 Å². The second-order valence-electron chi connectivity index (χ2n) is 12.2. The number of hydrogen-bond donors (Lipinski definition) is 1. The van der Waals surface area contributed by atoms with E-state index in [0.29, 0.717) is 0 Å². The number of nitrogens with one attached hydrogen (secondary N) is 1. The first-order valence-corrected chi connectivity index (χ1v) is 16.0. The summed E-state index contributed by atoms with van der Waals surface area (Å²) in [6.07, 6.45) is 2.08. The van der Waals surface area contributed by atoms with E-state index < -0.39 is 0 Å². The van der Waals surface area contributed by atoms with Crippen LogP contribution >= 0.6 is 0 Å². The number of fused-ring (bicyclic) bond motifs is 6. The number of aromatic nitrogens is 3. The molecule has 0 unspecified atom stereocenters. The van der Waals surface area contributed by atoms with Crippen molar-refractivity contribution in [2.45, 2.75) is 18.8 Å². The lowest BCUT2D eigenvalue weighted by molar-refractivity contribution is 0.731. The summed E-state index contributed by atoms with van der Waals surface area (Å²) < 4.78 is 0. The van der Waals surface area contributed by atoms with Crippen molar-refractivity contribution >= 4 is 21.8 Å². The number of nitrogens with zero attached hydrogens (tertiary/aromatic N) is 2. The molecule has 2 heterocycles. The zero-order valence-corrected chi connectivity index (χ0v) is 25.3. The first-order chi connectivity index (χ1) is 22.8. The number of aromatic amines is 1. The fraction of sp³-hybridized carbons (Fsp3) is 0.0698. The maximum atomic E-state index is 5.21. The summed E-state index contributed by atoms with van der Waals surface area (Å²) in [5.41, 5.74) is 14.1. The Bertz CT molecular complexity index is 2310. The Morgan fingerprint density at radius 3 is 2.04 bits per heavy atom. The van der Waals surface area contributed by atoms with Gasteiger partial charge in [-0.05, 0) is 52.8 Å². The predicted molar refractivity (Wildman–Crippen MR) is 190 cm³/mol. The lowest BCUT2D eigenvalue weighted by Gasteiger charge is -2.21. The minimum atomic E-state index is 0.254. The van der Waals surface area contributed by atoms with Crippen LogP contribution in [0.4, 0.5) is 0 Å². The molecule has 1 aliphatic carbocycles. The van der Waals surface area contributed by atoms with Crippen LogP contribution in [-0.4, -0.2) is 15.0 Å². The molecule has 0 fully saturated rings. The minimum Gasteiger partial charge on any atom is -0.354 e. The van der Waals surface area contributed by atoms with Gasteiger partial charge in [-0.1, -0.05) is 140 Å². The third kappa shape index (κ3) is 4.43. The van der Waals surface area contributed by atoms with Gasteiger partial charge < -0.3 is 4.98 Å². The molecule has 8 aromatic rings. The van der Waals surface area contributed by atoms with Gasteiger partial charge in [-0.15, -0.1) is 0 Å². The van der Waals surface area contributed by atoms with E-state index in [1.807, 2.05) is 24.3 Å². The Morgan fingerprint density at radius 1 is 0.522 bits per heavy atom. The molecule has 9 rings (SSSR count). The van der Waals surface area contributed by atoms with Gasteiger partial charge >= 0.3 is 0 Å². The average molecular weight is 590 g/mol. The largest absolute Gasteiger partial charge is 0.354 e. The fourth-order valence-electron chi connectivity index (χ4n) is 7.37. The molecule has 6 aromatic carbocycles. The first kappa shape index (κ1) is 26.6. The van der Waals surface area contributed by atoms with Crippen LogP contribution in [0.3, 0.4) is 0 Å². The molecule has 1 atom stereocenters. The van der Waals surface area contributed by atoms with Crippen LogP contribution in [0, 0.1) is 0 Å². The van der Waals surface area contributed by atoms with Crippen LogP contribution in [-0.2, 0) is 6.42 Å². The van der Waals surface area contributed by atoms with E-state index in [4.69, 9.17) is 9.97 Å². The summed E-state index contributed by atoms with van der Waals surface area (Å²) in [6.45, 7) is 0. The Balaban J connectivity index is 1.29. The van der Waals surface area contributed by atoms with E-state index in [1.54, 1.807) is 0 Å². The summed E-state index contributed by atoms with van der Waals surface area (Å²) in [7, 11) is 0. The Labute approximate surface area is 268 Å². The molecule has 1 N–H and O–H groups in total. The lowest BCUT2D eigenvalue weighted by atomic mass is 9.83. The van der Waals surface area contributed by atoms with Crippen LogP contribution in [0.25, 0.3) is 66.8 Å². The number of H-pyrrole nitrogens is 1. The van der Waals surface area contributed by atoms with Gasteiger partial charge in [0.1, 0.15) is 0 Å². The van der Waals surface area contributed by atoms with E-state index in [-0.39, 0.29) is 5.92 Å². The van der Waals surface area contributed by atoms with Crippen LogP contribution in [0.5, 0.6) is 0 Å². The quantitative estimate of drug-likeness (QED) is 0.222. The third-order valence-corrected chi connectivity index (χ3v) is 9.52. The highest BCUT2D eigenvalue weighted by atomic mass is 14.9. The maximum Gasteiger partial charge on any atom is 0.160 e. The van der Waals surface area contributed by atoms with Crippen LogP contribution in [0.15, 0.2) is 152 Å². The van der Waals surface area contributed by atoms with Crippen LogP contribution in [0.2, 0.25) is 0 Å². The van der Waals surface area contributed by atoms with E-state index in [1.165, 1.54) is 38.6 Å². The molecule has 0 saturated heterocycles. The zero-order chi connectivity index (χ0) is 30.5. The SMILES string of the molecule is c1ccc(-c2cc(-c3ccc([C@@H]4CCc5ccccc5-c5ccccc54)c4c3[nH]c3ccccc34)nc(-c3ccccc3)n2)cc1. The molecule has 2 aromatic heterocycles. The summed E-state index contributed by atoms with van der Waals surface area (Å²) in [4.78, 5) is 14.1. The standard InChI is InChI=1S/C43H31N3/c1-3-14-29(15-4-1)39-27-40(46-43(45-39)30-16-5-2-6-17-30)37-26-25-35(41-36-21-11-12-22-38(36)44-42(37)41)34-24-23-28-13-7-8-18-31(28)32-19-9-10-20-33(32)34/h1-22,25-27,34,44H,23-24H2/t34-/m1/s1. The molecule has 0 amide bonds. The summed E-state index contributed by atoms with van der Waals surface area (Å²) in [5.74, 6) is 0.977. The summed E-state index contributed by atoms with van der Waals surface area (Å²) in [5, 5.41) is 2.52. The third-order valence-electron chi connectivity index (χ3n) is 9.52. The molecule has 1 aliphatic rings. The fourth-order valence-corrected chi connectivity index (χ4v) is 7.37. The second-order valence-corrected chi connectivity index (χ2v) is 12.2. The second kappa shape index (κ2) is 11.0. The van der Waals surface area contributed by atoms with Gasteiger partial charge in [0.25, 0.3) is 0 Å². The van der Waals surface area contributed by atoms with Crippen molar-refractivity contribution in [2.75, 3.05) is 0 Å². The number of benzene rings is 6. The molecule has 0 radical (unpaired) electrons. The highest BCUT2D eigenvalue weighted by Gasteiger charge is 2.27. The van der Waals surface area contributed by atoms with Crippen molar-refractivity contribution in [1.29, 1.82) is 0 Å². The predicted octanol–water partition coefficient (Wildman–Crippen LogP) is 10.9. The van der Waals surface area contributed by atoms with Gasteiger partial charge in [0.05, 0.1) is 16.9 Å². The molecular weight excluding hydrogens is 558 g/mol. The van der Waals surface area contributed by atoms with Crippen LogP contribution < -0.4 is 0 Å². The van der Waals surface area contributed by atoms with E-state index in [0.717, 1.165) is 57.8 Å². The van der Waals surface area contributed by atoms with Gasteiger partial charge in [-0.25, -0.2) is 9.97 Å². The molecule has 3 nitrogen and oxygen atoms in total. The molecule has 3 heteroatoms. The van der Waals surface area contributed by atoms with Gasteiger partial charge in [-0.3, -0.25) is 0 Å². The smallest absolute Gasteiger partial charge is 0.160 e. The number of hydrogen-bond acceptors (Lipinski definition) is 2. The minimum absolute atomic E-state index is 0.254. The van der Waals surface area contributed by atoms with E-state index in [2.05, 4.69) is 132 Å². The Morgan fingerprint density at radius 2 is 1.20 bits per heavy atom. The Kier molecular flexibility index (Phi) is 6.34. The lowest BCUT2D eigenvalue weighted by Crippen LogP contribution is -2.04. The molecule has 218 valence electrons. The topological polar surface area (TPSA) is 41.6 Å². The number of para-hydroxylation sites is 1. The first-order valence-electron chi connectivity index (χ1n) is 16.0. The van der Waals surface area contributed by atoms with Gasteiger partial charge in [0.2, 0.25) is 0 Å². The maximum absolute atomic E-state index is 5.21. The van der Waals surface area contributed by atoms with Gasteiger partial charge in [-0.2, -0.15) is 0 Å². The normalized spacial score (nSPS) is 14.1. The molecule has 0 aliphatic heterocycles. The van der Waals surface area contributed by atoms with Crippen LogP contribution in [0.1, 0.15) is 29.0 Å². The molecule has 46 heavy (non-hydrogen) atoms. The summed E-state index contributed by atoms with van der Waals surface area (Å²) >= 11 is 0. The molecule has 0 bridgehead atoms. The van der Waals surface area contributed by atoms with Crippen molar-refractivity contribution in [3.63, 3.8) is 0 Å². The van der Waals surface area contributed by atoms with E-state index >= 15 is 0 Å². The number of rotatable bonds is 4. The highest BCUT2D eigenvalue weighted by molar-refractivity contribution is 6.13. The highest BCUT2D eigenvalue weighted by Crippen LogP contribution is 2.46. The number of aryl methyl sites for hydroxylation is 1. The molecular formula is C43H31N3. The monoisotopic (exact) mass is 589 g/mol.